The lowest BCUT2D eigenvalue weighted by atomic mass is 9.94. The Bertz CT molecular complexity index is 825. The van der Waals surface area contributed by atoms with Crippen molar-refractivity contribution in [2.75, 3.05) is 26.8 Å². The minimum Gasteiger partial charge on any atom is -0.480 e. The maximum Gasteiger partial charge on any atom is 0.326 e. The Balaban J connectivity index is 1.82. The highest BCUT2D eigenvalue weighted by Crippen LogP contribution is 2.42. The van der Waals surface area contributed by atoms with E-state index in [-0.39, 0.29) is 35.4 Å². The van der Waals surface area contributed by atoms with E-state index in [1.807, 2.05) is 0 Å². The number of fused-ring (bicyclic) bond motifs is 1. The van der Waals surface area contributed by atoms with Gasteiger partial charge in [0.05, 0.1) is 11.5 Å². The third-order valence-electron chi connectivity index (χ3n) is 5.39. The van der Waals surface area contributed by atoms with Crippen molar-refractivity contribution in [3.05, 3.63) is 29.8 Å². The van der Waals surface area contributed by atoms with Crippen LogP contribution in [-0.2, 0) is 19.6 Å². The van der Waals surface area contributed by atoms with Gasteiger partial charge in [-0.05, 0) is 42.9 Å². The Hall–Kier alpha value is -1.97. The molecule has 2 N–H and O–H groups in total. The molecule has 1 aromatic rings. The lowest BCUT2D eigenvalue weighted by Crippen LogP contribution is -2.43. The van der Waals surface area contributed by atoms with Crippen molar-refractivity contribution < 1.29 is 27.9 Å². The van der Waals surface area contributed by atoms with Gasteiger partial charge in [-0.25, -0.2) is 17.9 Å². The topological polar surface area (TPSA) is 113 Å². The fourth-order valence-electron chi connectivity index (χ4n) is 4.15. The number of likely N-dealkylation sites (tertiary alicyclic amines) is 1. The average Bonchev–Trinajstić information content (AvgIpc) is 3.22. The predicted molar refractivity (Wildman–Crippen MR) is 96.8 cm³/mol. The average molecular weight is 396 g/mol. The molecule has 1 amide bonds. The van der Waals surface area contributed by atoms with E-state index in [1.54, 1.807) is 0 Å². The number of nitrogens with one attached hydrogen (secondary N) is 1. The van der Waals surface area contributed by atoms with Gasteiger partial charge in [0.1, 0.15) is 6.04 Å². The zero-order chi connectivity index (χ0) is 19.6. The van der Waals surface area contributed by atoms with Gasteiger partial charge in [0.15, 0.2) is 0 Å². The Morgan fingerprint density at radius 2 is 2.11 bits per heavy atom. The summed E-state index contributed by atoms with van der Waals surface area (Å²) in [5, 5.41) is 9.62. The number of hydrogen-bond acceptors (Lipinski definition) is 5. The maximum atomic E-state index is 13.0. The standard InChI is InChI=1S/C18H24N2O6S/c1-26-9-8-19-27(24,25)14-6-2-4-12(10-14)17(21)20-11-13-5-3-7-15(13)16(20)18(22)23/h2,4,6,10,13,15-16,19H,3,5,7-9,11H2,1H3,(H,22,23). The Kier molecular flexibility index (Phi) is 5.83. The summed E-state index contributed by atoms with van der Waals surface area (Å²) < 4.78 is 31.9. The number of carboxylic acid groups (broad SMARTS) is 1. The van der Waals surface area contributed by atoms with Crippen LogP contribution in [0, 0.1) is 11.8 Å². The molecule has 8 nitrogen and oxygen atoms in total. The van der Waals surface area contributed by atoms with Crippen LogP contribution >= 0.6 is 0 Å². The molecule has 2 aliphatic rings. The molecule has 3 unspecified atom stereocenters. The Labute approximate surface area is 158 Å². The van der Waals surface area contributed by atoms with Crippen LogP contribution < -0.4 is 4.72 Å². The lowest BCUT2D eigenvalue weighted by Gasteiger charge is -2.24. The van der Waals surface area contributed by atoms with E-state index in [0.29, 0.717) is 6.54 Å². The SMILES string of the molecule is COCCNS(=O)(=O)c1cccc(C(=O)N2CC3CCCC3C2C(=O)O)c1. The minimum atomic E-state index is -3.77. The number of nitrogens with zero attached hydrogens (tertiary/aromatic N) is 1. The molecule has 3 atom stereocenters. The molecule has 0 radical (unpaired) electrons. The second-order valence-electron chi connectivity index (χ2n) is 7.01. The van der Waals surface area contributed by atoms with Gasteiger partial charge in [0.2, 0.25) is 10.0 Å². The van der Waals surface area contributed by atoms with Crippen LogP contribution in [0.25, 0.3) is 0 Å². The molecule has 1 aliphatic carbocycles. The molecule has 1 saturated carbocycles. The van der Waals surface area contributed by atoms with Gasteiger partial charge in [0, 0.05) is 25.8 Å². The van der Waals surface area contributed by atoms with Crippen molar-refractivity contribution in [1.29, 1.82) is 0 Å². The highest BCUT2D eigenvalue weighted by Gasteiger charge is 2.49. The van der Waals surface area contributed by atoms with Gasteiger partial charge in [-0.2, -0.15) is 0 Å². The predicted octanol–water partition coefficient (Wildman–Crippen LogP) is 0.937. The molecule has 3 rings (SSSR count). The highest BCUT2D eigenvalue weighted by molar-refractivity contribution is 7.89. The van der Waals surface area contributed by atoms with Crippen molar-refractivity contribution >= 4 is 21.9 Å². The van der Waals surface area contributed by atoms with Crippen LogP contribution in [0.3, 0.4) is 0 Å². The van der Waals surface area contributed by atoms with Crippen LogP contribution in [0.2, 0.25) is 0 Å². The number of rotatable bonds is 7. The first-order chi connectivity index (χ1) is 12.8. The molecule has 148 valence electrons. The van der Waals surface area contributed by atoms with E-state index >= 15 is 0 Å². The van der Waals surface area contributed by atoms with E-state index in [2.05, 4.69) is 4.72 Å². The maximum absolute atomic E-state index is 13.0. The number of benzene rings is 1. The van der Waals surface area contributed by atoms with Crippen molar-refractivity contribution in [2.24, 2.45) is 11.8 Å². The van der Waals surface area contributed by atoms with Gasteiger partial charge >= 0.3 is 5.97 Å². The lowest BCUT2D eigenvalue weighted by molar-refractivity contribution is -0.142. The first-order valence-electron chi connectivity index (χ1n) is 8.97. The first kappa shape index (κ1) is 19.8. The first-order valence-corrected chi connectivity index (χ1v) is 10.5. The molecule has 9 heteroatoms. The normalized spacial score (nSPS) is 24.8. The number of carboxylic acids is 1. The summed E-state index contributed by atoms with van der Waals surface area (Å²) in [6.07, 6.45) is 2.72. The second-order valence-corrected chi connectivity index (χ2v) is 8.78. The number of hydrogen-bond donors (Lipinski definition) is 2. The van der Waals surface area contributed by atoms with Gasteiger partial charge in [-0.15, -0.1) is 0 Å². The molecule has 0 aromatic heterocycles. The fraction of sp³-hybridized carbons (Fsp3) is 0.556. The summed E-state index contributed by atoms with van der Waals surface area (Å²) in [5.74, 6) is -1.25. The number of ether oxygens (including phenoxy) is 1. The van der Waals surface area contributed by atoms with Crippen molar-refractivity contribution in [3.8, 4) is 0 Å². The van der Waals surface area contributed by atoms with Crippen LogP contribution in [-0.4, -0.2) is 63.1 Å². The number of sulfonamides is 1. The summed E-state index contributed by atoms with van der Waals surface area (Å²) in [6.45, 7) is 0.756. The van der Waals surface area contributed by atoms with E-state index in [4.69, 9.17) is 4.74 Å². The second kappa shape index (κ2) is 7.95. The molecule has 27 heavy (non-hydrogen) atoms. The molecule has 0 bridgehead atoms. The number of aliphatic carboxylic acids is 1. The van der Waals surface area contributed by atoms with E-state index < -0.39 is 27.9 Å². The summed E-state index contributed by atoms with van der Waals surface area (Å²) in [6, 6.07) is 4.86. The zero-order valence-electron chi connectivity index (χ0n) is 15.1. The third-order valence-corrected chi connectivity index (χ3v) is 6.85. The molecular weight excluding hydrogens is 372 g/mol. The minimum absolute atomic E-state index is 0.0194. The monoisotopic (exact) mass is 396 g/mol. The largest absolute Gasteiger partial charge is 0.480 e. The van der Waals surface area contributed by atoms with Crippen molar-refractivity contribution in [2.45, 2.75) is 30.2 Å². The summed E-state index contributed by atoms with van der Waals surface area (Å²) in [5.41, 5.74) is 0.177. The number of carbonyl (C=O) groups is 2. The van der Waals surface area contributed by atoms with Crippen LogP contribution in [0.15, 0.2) is 29.2 Å². The molecule has 1 aromatic carbocycles. The van der Waals surface area contributed by atoms with Crippen LogP contribution in [0.1, 0.15) is 29.6 Å². The summed E-state index contributed by atoms with van der Waals surface area (Å²) >= 11 is 0. The summed E-state index contributed by atoms with van der Waals surface area (Å²) in [4.78, 5) is 26.1. The molecule has 0 spiro atoms. The molecular formula is C18H24N2O6S. The van der Waals surface area contributed by atoms with E-state index in [0.717, 1.165) is 19.3 Å². The number of methoxy groups -OCH3 is 1. The molecule has 1 heterocycles. The summed E-state index contributed by atoms with van der Waals surface area (Å²) in [7, 11) is -2.30. The number of amides is 1. The third kappa shape index (κ3) is 3.99. The van der Waals surface area contributed by atoms with Crippen LogP contribution in [0.4, 0.5) is 0 Å². The van der Waals surface area contributed by atoms with Gasteiger partial charge in [-0.3, -0.25) is 4.79 Å². The quantitative estimate of drug-likeness (QED) is 0.663. The fourth-order valence-corrected chi connectivity index (χ4v) is 5.21. The van der Waals surface area contributed by atoms with Crippen LogP contribution in [0.5, 0.6) is 0 Å². The van der Waals surface area contributed by atoms with Gasteiger partial charge in [-0.1, -0.05) is 12.5 Å². The van der Waals surface area contributed by atoms with Gasteiger partial charge < -0.3 is 14.7 Å². The van der Waals surface area contributed by atoms with Gasteiger partial charge in [0.25, 0.3) is 5.91 Å². The molecule has 1 aliphatic heterocycles. The highest BCUT2D eigenvalue weighted by atomic mass is 32.2. The molecule has 2 fully saturated rings. The van der Waals surface area contributed by atoms with Crippen molar-refractivity contribution in [1.82, 2.24) is 9.62 Å². The van der Waals surface area contributed by atoms with E-state index in [1.165, 1.54) is 36.3 Å². The Morgan fingerprint density at radius 3 is 2.81 bits per heavy atom. The number of carbonyl (C=O) groups excluding carboxylic acids is 1. The Morgan fingerprint density at radius 1 is 1.33 bits per heavy atom. The molecule has 1 saturated heterocycles. The smallest absolute Gasteiger partial charge is 0.326 e. The van der Waals surface area contributed by atoms with Crippen molar-refractivity contribution in [3.63, 3.8) is 0 Å². The zero-order valence-corrected chi connectivity index (χ0v) is 15.9. The van der Waals surface area contributed by atoms with E-state index in [9.17, 15) is 23.1 Å².